The monoisotopic (exact) mass is 390 g/mol. The first kappa shape index (κ1) is 18.4. The molecule has 26 heavy (non-hydrogen) atoms. The van der Waals surface area contributed by atoms with Crippen LogP contribution in [0.3, 0.4) is 0 Å². The summed E-state index contributed by atoms with van der Waals surface area (Å²) in [5.74, 6) is 0.864. The van der Waals surface area contributed by atoms with Gasteiger partial charge in [0.15, 0.2) is 10.3 Å². The van der Waals surface area contributed by atoms with Gasteiger partial charge in [-0.15, -0.1) is 11.3 Å². The fourth-order valence-corrected chi connectivity index (χ4v) is 3.60. The SMILES string of the molecule is COc1ccc(Cn2cc(CO)nc2SCC(=O)Nc2nccs2)cc1. The van der Waals surface area contributed by atoms with Gasteiger partial charge in [-0.1, -0.05) is 23.9 Å². The van der Waals surface area contributed by atoms with E-state index < -0.39 is 0 Å². The Morgan fingerprint density at radius 3 is 2.85 bits per heavy atom. The number of aliphatic hydroxyl groups is 1. The fourth-order valence-electron chi connectivity index (χ4n) is 2.25. The van der Waals surface area contributed by atoms with Crippen LogP contribution in [0.15, 0.2) is 47.2 Å². The fraction of sp³-hybridized carbons (Fsp3) is 0.235. The number of thioether (sulfide) groups is 1. The number of carbonyl (C=O) groups excluding carboxylic acids is 1. The van der Waals surface area contributed by atoms with E-state index in [2.05, 4.69) is 15.3 Å². The minimum absolute atomic E-state index is 0.144. The van der Waals surface area contributed by atoms with Crippen molar-refractivity contribution in [1.82, 2.24) is 14.5 Å². The van der Waals surface area contributed by atoms with Crippen molar-refractivity contribution in [2.75, 3.05) is 18.2 Å². The van der Waals surface area contributed by atoms with Gasteiger partial charge in [0.25, 0.3) is 0 Å². The maximum atomic E-state index is 12.0. The van der Waals surface area contributed by atoms with Crippen molar-refractivity contribution in [1.29, 1.82) is 0 Å². The first-order valence-electron chi connectivity index (χ1n) is 7.80. The van der Waals surface area contributed by atoms with Crippen molar-refractivity contribution in [3.63, 3.8) is 0 Å². The van der Waals surface area contributed by atoms with Crippen LogP contribution in [0.1, 0.15) is 11.3 Å². The highest BCUT2D eigenvalue weighted by atomic mass is 32.2. The Bertz CT molecular complexity index is 848. The largest absolute Gasteiger partial charge is 0.497 e. The third kappa shape index (κ3) is 4.84. The first-order chi connectivity index (χ1) is 12.7. The Hall–Kier alpha value is -2.36. The van der Waals surface area contributed by atoms with Gasteiger partial charge < -0.3 is 19.7 Å². The molecule has 0 aliphatic carbocycles. The Kier molecular flexibility index (Phi) is 6.26. The summed E-state index contributed by atoms with van der Waals surface area (Å²) in [6, 6.07) is 7.74. The van der Waals surface area contributed by atoms with E-state index in [-0.39, 0.29) is 18.3 Å². The number of benzene rings is 1. The summed E-state index contributed by atoms with van der Waals surface area (Å²) < 4.78 is 7.09. The van der Waals surface area contributed by atoms with Crippen molar-refractivity contribution in [2.45, 2.75) is 18.3 Å². The lowest BCUT2D eigenvalue weighted by Crippen LogP contribution is -2.14. The maximum absolute atomic E-state index is 12.0. The van der Waals surface area contributed by atoms with Crippen LogP contribution in [0.5, 0.6) is 5.75 Å². The zero-order valence-electron chi connectivity index (χ0n) is 14.1. The molecule has 2 aromatic heterocycles. The second-order valence-corrected chi connectivity index (χ2v) is 7.16. The molecule has 0 radical (unpaired) electrons. The summed E-state index contributed by atoms with van der Waals surface area (Å²) in [5, 5.41) is 15.2. The highest BCUT2D eigenvalue weighted by molar-refractivity contribution is 7.99. The van der Waals surface area contributed by atoms with E-state index in [1.807, 2.05) is 28.8 Å². The smallest absolute Gasteiger partial charge is 0.236 e. The number of hydrogen-bond donors (Lipinski definition) is 2. The number of aliphatic hydroxyl groups excluding tert-OH is 1. The number of anilines is 1. The van der Waals surface area contributed by atoms with E-state index in [1.165, 1.54) is 23.1 Å². The molecule has 2 heterocycles. The number of thiazole rings is 1. The van der Waals surface area contributed by atoms with Gasteiger partial charge in [0, 0.05) is 24.3 Å². The molecule has 1 amide bonds. The third-order valence-electron chi connectivity index (χ3n) is 3.47. The van der Waals surface area contributed by atoms with E-state index in [4.69, 9.17) is 4.74 Å². The van der Waals surface area contributed by atoms with Crippen LogP contribution in [-0.2, 0) is 17.9 Å². The molecule has 0 saturated carbocycles. The Labute approximate surface area is 159 Å². The Morgan fingerprint density at radius 1 is 1.38 bits per heavy atom. The van der Waals surface area contributed by atoms with E-state index in [1.54, 1.807) is 24.9 Å². The van der Waals surface area contributed by atoms with Crippen molar-refractivity contribution in [2.24, 2.45) is 0 Å². The molecule has 0 saturated heterocycles. The number of nitrogens with one attached hydrogen (secondary N) is 1. The van der Waals surface area contributed by atoms with E-state index in [0.717, 1.165) is 11.3 Å². The van der Waals surface area contributed by atoms with Gasteiger partial charge in [0.2, 0.25) is 5.91 Å². The highest BCUT2D eigenvalue weighted by Gasteiger charge is 2.12. The van der Waals surface area contributed by atoms with Gasteiger partial charge in [0.1, 0.15) is 5.75 Å². The highest BCUT2D eigenvalue weighted by Crippen LogP contribution is 2.21. The molecule has 0 aliphatic rings. The van der Waals surface area contributed by atoms with Crippen LogP contribution in [0.4, 0.5) is 5.13 Å². The quantitative estimate of drug-likeness (QED) is 0.575. The lowest BCUT2D eigenvalue weighted by molar-refractivity contribution is -0.113. The van der Waals surface area contributed by atoms with Crippen LogP contribution in [-0.4, -0.2) is 38.4 Å². The standard InChI is InChI=1S/C17H18N4O3S2/c1-24-14-4-2-12(3-5-14)8-21-9-13(10-22)19-17(21)26-11-15(23)20-16-18-6-7-25-16/h2-7,9,22H,8,10-11H2,1H3,(H,18,20,23). The minimum Gasteiger partial charge on any atom is -0.497 e. The van der Waals surface area contributed by atoms with Crippen molar-refractivity contribution >= 4 is 34.1 Å². The molecule has 7 nitrogen and oxygen atoms in total. The van der Waals surface area contributed by atoms with Crippen LogP contribution < -0.4 is 10.1 Å². The predicted molar refractivity (Wildman–Crippen MR) is 102 cm³/mol. The van der Waals surface area contributed by atoms with Crippen LogP contribution in [0, 0.1) is 0 Å². The number of imidazole rings is 1. The summed E-state index contributed by atoms with van der Waals surface area (Å²) in [5.41, 5.74) is 1.64. The number of aromatic nitrogens is 3. The molecule has 0 aliphatic heterocycles. The zero-order valence-corrected chi connectivity index (χ0v) is 15.7. The normalized spacial score (nSPS) is 10.7. The third-order valence-corrected chi connectivity index (χ3v) is 5.15. The lowest BCUT2D eigenvalue weighted by atomic mass is 10.2. The summed E-state index contributed by atoms with van der Waals surface area (Å²) in [6.45, 7) is 0.446. The first-order valence-corrected chi connectivity index (χ1v) is 9.66. The number of ether oxygens (including phenoxy) is 1. The molecule has 3 aromatic rings. The van der Waals surface area contributed by atoms with Crippen molar-refractivity contribution < 1.29 is 14.6 Å². The summed E-state index contributed by atoms with van der Waals surface area (Å²) in [6.07, 6.45) is 3.44. The van der Waals surface area contributed by atoms with E-state index >= 15 is 0 Å². The average molecular weight is 390 g/mol. The second kappa shape index (κ2) is 8.84. The molecule has 0 unspecified atom stereocenters. The number of methoxy groups -OCH3 is 1. The molecule has 0 bridgehead atoms. The van der Waals surface area contributed by atoms with Gasteiger partial charge in [-0.05, 0) is 17.7 Å². The molecule has 1 aromatic carbocycles. The Morgan fingerprint density at radius 2 is 2.19 bits per heavy atom. The van der Waals surface area contributed by atoms with Gasteiger partial charge in [-0.25, -0.2) is 9.97 Å². The zero-order chi connectivity index (χ0) is 18.4. The summed E-state index contributed by atoms with van der Waals surface area (Å²) in [4.78, 5) is 20.4. The number of nitrogens with zero attached hydrogens (tertiary/aromatic N) is 3. The number of rotatable bonds is 8. The van der Waals surface area contributed by atoms with Gasteiger partial charge >= 0.3 is 0 Å². The molecule has 0 fully saturated rings. The Balaban J connectivity index is 1.66. The van der Waals surface area contributed by atoms with Crippen molar-refractivity contribution in [3.8, 4) is 5.75 Å². The molecule has 0 atom stereocenters. The number of amides is 1. The summed E-state index contributed by atoms with van der Waals surface area (Å²) >= 11 is 2.69. The average Bonchev–Trinajstić information content (AvgIpc) is 3.30. The predicted octanol–water partition coefficient (Wildman–Crippen LogP) is 2.62. The second-order valence-electron chi connectivity index (χ2n) is 5.32. The molecular weight excluding hydrogens is 372 g/mol. The molecule has 3 rings (SSSR count). The molecule has 9 heteroatoms. The maximum Gasteiger partial charge on any atom is 0.236 e. The van der Waals surface area contributed by atoms with Gasteiger partial charge in [-0.3, -0.25) is 4.79 Å². The number of carbonyl (C=O) groups is 1. The van der Waals surface area contributed by atoms with E-state index in [9.17, 15) is 9.90 Å². The lowest BCUT2D eigenvalue weighted by Gasteiger charge is -2.08. The summed E-state index contributed by atoms with van der Waals surface area (Å²) in [7, 11) is 1.63. The molecular formula is C17H18N4O3S2. The van der Waals surface area contributed by atoms with Gasteiger partial charge in [0.05, 0.1) is 25.2 Å². The van der Waals surface area contributed by atoms with Crippen molar-refractivity contribution in [3.05, 3.63) is 53.3 Å². The molecule has 136 valence electrons. The number of hydrogen-bond acceptors (Lipinski definition) is 7. The van der Waals surface area contributed by atoms with Crippen LogP contribution in [0.2, 0.25) is 0 Å². The minimum atomic E-state index is -0.144. The van der Waals surface area contributed by atoms with Crippen LogP contribution in [0.25, 0.3) is 0 Å². The van der Waals surface area contributed by atoms with Crippen LogP contribution >= 0.6 is 23.1 Å². The molecule has 0 spiro atoms. The van der Waals surface area contributed by atoms with E-state index in [0.29, 0.717) is 22.5 Å². The van der Waals surface area contributed by atoms with Gasteiger partial charge in [-0.2, -0.15) is 0 Å². The topological polar surface area (TPSA) is 89.3 Å². The molecule has 2 N–H and O–H groups in total.